The molecule has 4 unspecified atom stereocenters. The number of rotatable bonds is 18. The van der Waals surface area contributed by atoms with Gasteiger partial charge in [0, 0.05) is 48.8 Å². The fourth-order valence-corrected chi connectivity index (χ4v) is 15.0. The van der Waals surface area contributed by atoms with Crippen molar-refractivity contribution in [2.45, 2.75) is 79.6 Å². The van der Waals surface area contributed by atoms with E-state index in [1.165, 1.54) is 22.3 Å². The second-order valence-electron chi connectivity index (χ2n) is 15.9. The quantitative estimate of drug-likeness (QED) is 0.0817. The third-order valence-corrected chi connectivity index (χ3v) is 17.7. The summed E-state index contributed by atoms with van der Waals surface area (Å²) >= 11 is 18.4. The second-order valence-corrected chi connectivity index (χ2v) is 25.9. The molecule has 0 radical (unpaired) electrons. The summed E-state index contributed by atoms with van der Waals surface area (Å²) < 4.78 is 24.4. The lowest BCUT2D eigenvalue weighted by Gasteiger charge is -2.40. The number of benzene rings is 5. The third-order valence-electron chi connectivity index (χ3n) is 8.77. The van der Waals surface area contributed by atoms with Crippen LogP contribution in [-0.4, -0.2) is 45.1 Å². The Morgan fingerprint density at radius 3 is 1.18 bits per heavy atom. The Morgan fingerprint density at radius 2 is 0.817 bits per heavy atom. The molecule has 5 rings (SSSR count). The van der Waals surface area contributed by atoms with Crippen LogP contribution in [-0.2, 0) is 13.1 Å². The summed E-state index contributed by atoms with van der Waals surface area (Å²) in [6.45, 7) is 18.4. The zero-order valence-corrected chi connectivity index (χ0v) is 45.2. The molecule has 0 aliphatic carbocycles. The van der Waals surface area contributed by atoms with Gasteiger partial charge in [0.15, 0.2) is 8.30 Å². The van der Waals surface area contributed by atoms with Gasteiger partial charge in [0.1, 0.15) is 17.2 Å². The normalized spacial score (nSPS) is 12.5. The van der Waals surface area contributed by atoms with Crippen LogP contribution >= 0.6 is 84.2 Å². The molecule has 0 fully saturated rings. The molecule has 0 aliphatic rings. The minimum Gasteiger partial charge on any atom is -0.458 e. The molecule has 0 saturated carbocycles. The first-order chi connectivity index (χ1) is 27.6. The summed E-state index contributed by atoms with van der Waals surface area (Å²) in [6, 6.07) is 47.4. The average Bonchev–Trinajstić information content (AvgIpc) is 3.18. The summed E-state index contributed by atoms with van der Waals surface area (Å²) in [5.74, 6) is 2.51. The Labute approximate surface area is 388 Å². The van der Waals surface area contributed by atoms with Crippen molar-refractivity contribution in [3.8, 4) is 17.2 Å². The van der Waals surface area contributed by atoms with Crippen LogP contribution in [0.15, 0.2) is 140 Å². The lowest BCUT2D eigenvalue weighted by molar-refractivity contribution is 0.239. The summed E-state index contributed by atoms with van der Waals surface area (Å²) in [5, 5.41) is 0. The van der Waals surface area contributed by atoms with Gasteiger partial charge in [-0.1, -0.05) is 148 Å². The zero-order valence-electron chi connectivity index (χ0n) is 36.5. The first-order valence-electron chi connectivity index (χ1n) is 19.5. The van der Waals surface area contributed by atoms with E-state index in [0.29, 0.717) is 0 Å². The van der Waals surface area contributed by atoms with Gasteiger partial charge in [0.25, 0.3) is 8.38 Å². The number of halogens is 3. The molecule has 0 N–H and O–H groups in total. The molecule has 5 nitrogen and oxygen atoms in total. The van der Waals surface area contributed by atoms with E-state index in [1.54, 1.807) is 0 Å². The van der Waals surface area contributed by atoms with Gasteiger partial charge in [-0.3, -0.25) is 4.67 Å². The van der Waals surface area contributed by atoms with Gasteiger partial charge in [0.05, 0.1) is 14.1 Å². The Morgan fingerprint density at radius 1 is 0.450 bits per heavy atom. The van der Waals surface area contributed by atoms with E-state index in [9.17, 15) is 0 Å². The second kappa shape index (κ2) is 27.9. The molecule has 0 aromatic heterocycles. The van der Waals surface area contributed by atoms with E-state index in [4.69, 9.17) is 47.3 Å². The smallest absolute Gasteiger partial charge is 0.290 e. The maximum absolute atomic E-state index is 6.74. The monoisotopic (exact) mass is 984 g/mol. The highest BCUT2D eigenvalue weighted by atomic mass is 35.9. The molecule has 0 amide bonds. The molecule has 0 saturated heterocycles. The molecular formula is C46H65Cl3N2O3P6. The number of hydrogen-bond acceptors (Lipinski definition) is 5. The maximum Gasteiger partial charge on any atom is 0.290 e. The van der Waals surface area contributed by atoms with Crippen molar-refractivity contribution in [1.29, 1.82) is 0 Å². The van der Waals surface area contributed by atoms with Crippen molar-refractivity contribution in [1.82, 2.24) is 9.34 Å². The third kappa shape index (κ3) is 20.6. The van der Waals surface area contributed by atoms with Crippen LogP contribution in [0.4, 0.5) is 0 Å². The van der Waals surface area contributed by atoms with Crippen molar-refractivity contribution in [3.05, 3.63) is 162 Å². The molecule has 5 aromatic carbocycles. The highest BCUT2D eigenvalue weighted by molar-refractivity contribution is 8.04. The van der Waals surface area contributed by atoms with E-state index in [-0.39, 0.29) is 30.9 Å². The Hall–Kier alpha value is -1.13. The number of hydrogen-bond donors (Lipinski definition) is 0. The molecule has 14 heteroatoms. The molecule has 328 valence electrons. The fraction of sp³-hybridized carbons (Fsp3) is 0.348. The summed E-state index contributed by atoms with van der Waals surface area (Å²) in [6.07, 6.45) is 3.21. The van der Waals surface area contributed by atoms with E-state index in [2.05, 4.69) is 113 Å². The molecule has 0 aliphatic heterocycles. The summed E-state index contributed by atoms with van der Waals surface area (Å²) in [4.78, 5) is 0. The van der Waals surface area contributed by atoms with Crippen LogP contribution in [0, 0.1) is 13.8 Å². The molecule has 60 heavy (non-hydrogen) atoms. The van der Waals surface area contributed by atoms with Crippen LogP contribution < -0.4 is 13.6 Å². The summed E-state index contributed by atoms with van der Waals surface area (Å²) in [5.41, 5.74) is 5.03. The van der Waals surface area contributed by atoms with Crippen LogP contribution in [0.1, 0.15) is 63.8 Å². The van der Waals surface area contributed by atoms with Gasteiger partial charge >= 0.3 is 0 Å². The Balaban J connectivity index is 0.000000481. The fourth-order valence-electron chi connectivity index (χ4n) is 5.60. The lowest BCUT2D eigenvalue weighted by atomic mass is 10.1. The standard InChI is InChI=1S/C32H37NO3P2.C14H22Cl3NP2.2H3P/c1-27-20-22-28(23-21-27)26-33(32(2,3)4)37(34-29-14-8-5-9-15-29)24-25-38(35-30-16-10-6-11-17-30)36-31-18-12-7-13-19-31;1-12-5-7-13(8-6-12)11-18(14(2,3)4)20(17)10-9-19(15)16;;/h5-23H,24-26H2,1-4H3;5-8H,9-11H2,1-4H3;2*1H3. The Kier molecular flexibility index (Phi) is 25.6. The molecule has 0 bridgehead atoms. The van der Waals surface area contributed by atoms with Crippen LogP contribution in [0.5, 0.6) is 17.2 Å². The van der Waals surface area contributed by atoms with Crippen LogP contribution in [0.2, 0.25) is 0 Å². The van der Waals surface area contributed by atoms with E-state index in [0.717, 1.165) is 55.0 Å². The van der Waals surface area contributed by atoms with Gasteiger partial charge in [0.2, 0.25) is 0 Å². The van der Waals surface area contributed by atoms with Crippen molar-refractivity contribution >= 4 is 84.2 Å². The summed E-state index contributed by atoms with van der Waals surface area (Å²) in [7, 11) is -2.99. The SMILES string of the molecule is Cc1ccc(CN(P(CCP(Oc2ccccc2)Oc2ccccc2)Oc2ccccc2)C(C)(C)C)cc1.Cc1ccc(CN(P(Cl)CCP(Cl)Cl)C(C)(C)C)cc1.P.P. The predicted octanol–water partition coefficient (Wildman–Crippen LogP) is 16.5. The lowest BCUT2D eigenvalue weighted by Crippen LogP contribution is -2.38. The minimum atomic E-state index is -1.24. The van der Waals surface area contributed by atoms with E-state index < -0.39 is 30.7 Å². The first-order valence-corrected chi connectivity index (χ1v) is 28.0. The number of nitrogens with zero attached hydrogens (tertiary/aromatic N) is 2. The van der Waals surface area contributed by atoms with E-state index in [1.807, 2.05) is 91.0 Å². The maximum atomic E-state index is 6.74. The topological polar surface area (TPSA) is 34.2 Å². The molecule has 0 heterocycles. The Bertz CT molecular complexity index is 1830. The average molecular weight is 986 g/mol. The largest absolute Gasteiger partial charge is 0.458 e. The zero-order chi connectivity index (χ0) is 42.1. The number of para-hydroxylation sites is 3. The van der Waals surface area contributed by atoms with Crippen molar-refractivity contribution < 1.29 is 13.6 Å². The van der Waals surface area contributed by atoms with Gasteiger partial charge in [-0.2, -0.15) is 19.8 Å². The minimum absolute atomic E-state index is 0. The van der Waals surface area contributed by atoms with Gasteiger partial charge in [-0.15, -0.1) is 0 Å². The van der Waals surface area contributed by atoms with Crippen molar-refractivity contribution in [2.75, 3.05) is 24.6 Å². The van der Waals surface area contributed by atoms with Crippen molar-refractivity contribution in [3.63, 3.8) is 0 Å². The van der Waals surface area contributed by atoms with E-state index >= 15 is 0 Å². The predicted molar refractivity (Wildman–Crippen MR) is 281 cm³/mol. The number of aryl methyl sites for hydroxylation is 2. The first kappa shape index (κ1) is 55.0. The molecular weight excluding hydrogens is 921 g/mol. The molecule has 0 spiro atoms. The van der Waals surface area contributed by atoms with Gasteiger partial charge in [-0.05, 0) is 103 Å². The van der Waals surface area contributed by atoms with Crippen LogP contribution in [0.3, 0.4) is 0 Å². The van der Waals surface area contributed by atoms with Crippen molar-refractivity contribution in [2.24, 2.45) is 0 Å². The van der Waals surface area contributed by atoms with Gasteiger partial charge in [-0.25, -0.2) is 4.67 Å². The molecule has 5 aromatic rings. The van der Waals surface area contributed by atoms with Crippen LogP contribution in [0.25, 0.3) is 0 Å². The molecule has 4 atom stereocenters. The highest BCUT2D eigenvalue weighted by Crippen LogP contribution is 2.56. The van der Waals surface area contributed by atoms with Gasteiger partial charge < -0.3 is 13.6 Å². The highest BCUT2D eigenvalue weighted by Gasteiger charge is 2.33.